The van der Waals surface area contributed by atoms with Crippen LogP contribution in [-0.2, 0) is 4.74 Å². The van der Waals surface area contributed by atoms with Crippen molar-refractivity contribution < 1.29 is 9.53 Å². The third-order valence-corrected chi connectivity index (χ3v) is 2.93. The number of ether oxygens (including phenoxy) is 1. The Morgan fingerprint density at radius 3 is 2.50 bits per heavy atom. The van der Waals surface area contributed by atoms with Crippen molar-refractivity contribution in [3.63, 3.8) is 0 Å². The molecule has 102 valence electrons. The molecule has 0 spiro atoms. The van der Waals surface area contributed by atoms with Gasteiger partial charge in [-0.25, -0.2) is 4.79 Å². The Hall–Kier alpha value is -1.39. The molecule has 0 aliphatic heterocycles. The first kappa shape index (κ1) is 14.7. The molecule has 0 radical (unpaired) electrons. The average molecular weight is 253 g/mol. The quantitative estimate of drug-likeness (QED) is 0.731. The standard InChI is InChI=1S/C13H23N3O2/c1-6-18-13(17)12-15-14-11(5)16(12)10(4)8-7-9(2)3/h9-10H,6-8H2,1-5H3. The van der Waals surface area contributed by atoms with Gasteiger partial charge >= 0.3 is 5.97 Å². The summed E-state index contributed by atoms with van der Waals surface area (Å²) in [6.07, 6.45) is 2.12. The molecule has 1 unspecified atom stereocenters. The van der Waals surface area contributed by atoms with Crippen LogP contribution in [0.5, 0.6) is 0 Å². The van der Waals surface area contributed by atoms with Crippen molar-refractivity contribution in [1.82, 2.24) is 14.8 Å². The van der Waals surface area contributed by atoms with Gasteiger partial charge in [-0.15, -0.1) is 10.2 Å². The highest BCUT2D eigenvalue weighted by molar-refractivity contribution is 5.85. The van der Waals surface area contributed by atoms with E-state index in [0.717, 1.165) is 18.7 Å². The highest BCUT2D eigenvalue weighted by atomic mass is 16.5. The van der Waals surface area contributed by atoms with Gasteiger partial charge in [-0.3, -0.25) is 0 Å². The topological polar surface area (TPSA) is 57.0 Å². The molecule has 0 aromatic carbocycles. The number of hydrogen-bond acceptors (Lipinski definition) is 4. The van der Waals surface area contributed by atoms with Gasteiger partial charge in [0, 0.05) is 6.04 Å². The van der Waals surface area contributed by atoms with Crippen molar-refractivity contribution in [2.45, 2.75) is 53.5 Å². The van der Waals surface area contributed by atoms with E-state index in [1.165, 1.54) is 0 Å². The molecule has 0 fully saturated rings. The van der Waals surface area contributed by atoms with Crippen molar-refractivity contribution in [1.29, 1.82) is 0 Å². The minimum atomic E-state index is -0.394. The highest BCUT2D eigenvalue weighted by Gasteiger charge is 2.21. The van der Waals surface area contributed by atoms with Crippen LogP contribution in [0, 0.1) is 12.8 Å². The molecule has 18 heavy (non-hydrogen) atoms. The second kappa shape index (κ2) is 6.52. The van der Waals surface area contributed by atoms with Crippen LogP contribution in [0.15, 0.2) is 0 Å². The molecule has 0 aliphatic carbocycles. The lowest BCUT2D eigenvalue weighted by Gasteiger charge is -2.17. The van der Waals surface area contributed by atoms with Gasteiger partial charge < -0.3 is 9.30 Å². The predicted octanol–water partition coefficient (Wildman–Crippen LogP) is 2.76. The smallest absolute Gasteiger partial charge is 0.376 e. The lowest BCUT2D eigenvalue weighted by Crippen LogP contribution is -2.17. The molecule has 5 heteroatoms. The fraction of sp³-hybridized carbons (Fsp3) is 0.769. The summed E-state index contributed by atoms with van der Waals surface area (Å²) in [6.45, 7) is 10.5. The maximum absolute atomic E-state index is 11.8. The maximum atomic E-state index is 11.8. The molecule has 0 N–H and O–H groups in total. The molecule has 1 atom stereocenters. The van der Waals surface area contributed by atoms with Gasteiger partial charge in [-0.05, 0) is 39.5 Å². The second-order valence-corrected chi connectivity index (χ2v) is 4.98. The van der Waals surface area contributed by atoms with Gasteiger partial charge in [0.25, 0.3) is 0 Å². The van der Waals surface area contributed by atoms with Crippen molar-refractivity contribution >= 4 is 5.97 Å². The molecule has 1 aromatic rings. The third-order valence-electron chi connectivity index (χ3n) is 2.93. The van der Waals surface area contributed by atoms with E-state index in [2.05, 4.69) is 31.0 Å². The molecule has 5 nitrogen and oxygen atoms in total. The number of carbonyl (C=O) groups is 1. The Kier molecular flexibility index (Phi) is 5.31. The SMILES string of the molecule is CCOC(=O)c1nnc(C)n1C(C)CCC(C)C. The van der Waals surface area contributed by atoms with Crippen LogP contribution >= 0.6 is 0 Å². The Morgan fingerprint density at radius 2 is 1.94 bits per heavy atom. The fourth-order valence-electron chi connectivity index (χ4n) is 1.94. The Balaban J connectivity index is 2.86. The summed E-state index contributed by atoms with van der Waals surface area (Å²) < 4.78 is 6.87. The first-order valence-electron chi connectivity index (χ1n) is 6.56. The number of rotatable bonds is 6. The van der Waals surface area contributed by atoms with Crippen LogP contribution in [0.2, 0.25) is 0 Å². The predicted molar refractivity (Wildman–Crippen MR) is 69.5 cm³/mol. The van der Waals surface area contributed by atoms with Gasteiger partial charge in [0.1, 0.15) is 5.82 Å². The molecule has 0 aliphatic rings. The van der Waals surface area contributed by atoms with Gasteiger partial charge in [-0.1, -0.05) is 13.8 Å². The molecular formula is C13H23N3O2. The largest absolute Gasteiger partial charge is 0.460 e. The number of esters is 1. The second-order valence-electron chi connectivity index (χ2n) is 4.98. The first-order valence-corrected chi connectivity index (χ1v) is 6.56. The maximum Gasteiger partial charge on any atom is 0.376 e. The zero-order chi connectivity index (χ0) is 13.7. The molecular weight excluding hydrogens is 230 g/mol. The summed E-state index contributed by atoms with van der Waals surface area (Å²) in [5, 5.41) is 7.90. The fourth-order valence-corrected chi connectivity index (χ4v) is 1.94. The van der Waals surface area contributed by atoms with E-state index in [1.54, 1.807) is 6.92 Å². The molecule has 1 aromatic heterocycles. The number of nitrogens with zero attached hydrogens (tertiary/aromatic N) is 3. The summed E-state index contributed by atoms with van der Waals surface area (Å²) in [7, 11) is 0. The Bertz CT molecular complexity index is 399. The third kappa shape index (κ3) is 3.55. The zero-order valence-electron chi connectivity index (χ0n) is 11.9. The van der Waals surface area contributed by atoms with Crippen LogP contribution in [0.1, 0.15) is 63.0 Å². The average Bonchev–Trinajstić information content (AvgIpc) is 2.68. The van der Waals surface area contributed by atoms with Gasteiger partial charge in [-0.2, -0.15) is 0 Å². The van der Waals surface area contributed by atoms with E-state index in [-0.39, 0.29) is 6.04 Å². The molecule has 1 rings (SSSR count). The van der Waals surface area contributed by atoms with E-state index in [0.29, 0.717) is 18.3 Å². The molecule has 0 bridgehead atoms. The van der Waals surface area contributed by atoms with Crippen LogP contribution in [0.4, 0.5) is 0 Å². The monoisotopic (exact) mass is 253 g/mol. The first-order chi connectivity index (χ1) is 8.47. The summed E-state index contributed by atoms with van der Waals surface area (Å²) in [5.74, 6) is 1.32. The number of aromatic nitrogens is 3. The normalized spacial score (nSPS) is 12.8. The molecule has 0 saturated heterocycles. The molecule has 1 heterocycles. The van der Waals surface area contributed by atoms with E-state index < -0.39 is 5.97 Å². The summed E-state index contributed by atoms with van der Waals surface area (Å²) in [5.41, 5.74) is 0. The van der Waals surface area contributed by atoms with Gasteiger partial charge in [0.15, 0.2) is 0 Å². The van der Waals surface area contributed by atoms with Gasteiger partial charge in [0.2, 0.25) is 5.82 Å². The minimum absolute atomic E-state index is 0.210. The Labute approximate surface area is 109 Å². The van der Waals surface area contributed by atoms with E-state index >= 15 is 0 Å². The molecule has 0 amide bonds. The van der Waals surface area contributed by atoms with E-state index in [9.17, 15) is 4.79 Å². The summed E-state index contributed by atoms with van der Waals surface area (Å²) in [4.78, 5) is 11.8. The lowest BCUT2D eigenvalue weighted by atomic mass is 10.0. The Morgan fingerprint density at radius 1 is 1.28 bits per heavy atom. The van der Waals surface area contributed by atoms with Crippen LogP contribution < -0.4 is 0 Å². The van der Waals surface area contributed by atoms with Crippen LogP contribution in [0.25, 0.3) is 0 Å². The van der Waals surface area contributed by atoms with Crippen LogP contribution in [0.3, 0.4) is 0 Å². The van der Waals surface area contributed by atoms with E-state index in [1.807, 2.05) is 11.5 Å². The van der Waals surface area contributed by atoms with Crippen molar-refractivity contribution in [3.8, 4) is 0 Å². The number of carbonyl (C=O) groups excluding carboxylic acids is 1. The molecule has 0 saturated carbocycles. The lowest BCUT2D eigenvalue weighted by molar-refractivity contribution is 0.0502. The highest BCUT2D eigenvalue weighted by Crippen LogP contribution is 2.20. The van der Waals surface area contributed by atoms with Gasteiger partial charge in [0.05, 0.1) is 6.61 Å². The number of hydrogen-bond donors (Lipinski definition) is 0. The van der Waals surface area contributed by atoms with Crippen molar-refractivity contribution in [2.24, 2.45) is 5.92 Å². The number of aryl methyl sites for hydroxylation is 1. The summed E-state index contributed by atoms with van der Waals surface area (Å²) >= 11 is 0. The van der Waals surface area contributed by atoms with Crippen molar-refractivity contribution in [2.75, 3.05) is 6.61 Å². The van der Waals surface area contributed by atoms with E-state index in [4.69, 9.17) is 4.74 Å². The van der Waals surface area contributed by atoms with Crippen molar-refractivity contribution in [3.05, 3.63) is 11.6 Å². The summed E-state index contributed by atoms with van der Waals surface area (Å²) in [6, 6.07) is 0.210. The minimum Gasteiger partial charge on any atom is -0.460 e. The van der Waals surface area contributed by atoms with Crippen LogP contribution in [-0.4, -0.2) is 27.3 Å². The zero-order valence-corrected chi connectivity index (χ0v) is 11.9.